The third-order valence-corrected chi connectivity index (χ3v) is 1.99. The highest BCUT2D eigenvalue weighted by atomic mass is 16.7. The lowest BCUT2D eigenvalue weighted by atomic mass is 10.3. The van der Waals surface area contributed by atoms with Crippen LogP contribution in [0, 0.1) is 0 Å². The number of furan rings is 1. The minimum Gasteiger partial charge on any atom is -0.459 e. The van der Waals surface area contributed by atoms with Gasteiger partial charge in [0.1, 0.15) is 0 Å². The molecule has 1 heterocycles. The molecule has 0 fully saturated rings. The summed E-state index contributed by atoms with van der Waals surface area (Å²) in [6.07, 6.45) is 1.59. The van der Waals surface area contributed by atoms with Gasteiger partial charge in [-0.1, -0.05) is 0 Å². The molecule has 1 aromatic rings. The predicted molar refractivity (Wildman–Crippen MR) is 55.4 cm³/mol. The number of hydrogen-bond acceptors (Lipinski definition) is 4. The van der Waals surface area contributed by atoms with Crippen molar-refractivity contribution < 1.29 is 18.8 Å². The summed E-state index contributed by atoms with van der Waals surface area (Å²) in [5, 5.41) is 3.67. The second-order valence-corrected chi connectivity index (χ2v) is 3.06. The van der Waals surface area contributed by atoms with Crippen LogP contribution in [0.15, 0.2) is 22.8 Å². The Morgan fingerprint density at radius 2 is 2.31 bits per heavy atom. The lowest BCUT2D eigenvalue weighted by Gasteiger charge is -2.13. The molecule has 16 heavy (non-hydrogen) atoms. The van der Waals surface area contributed by atoms with Gasteiger partial charge in [-0.05, 0) is 12.1 Å². The fourth-order valence-corrected chi connectivity index (χ4v) is 1.04. The van der Waals surface area contributed by atoms with Crippen LogP contribution in [-0.2, 0) is 9.63 Å². The highest BCUT2D eigenvalue weighted by Crippen LogP contribution is 1.99. The molecule has 0 saturated heterocycles. The third kappa shape index (κ3) is 3.39. The Kier molecular flexibility index (Phi) is 4.53. The lowest BCUT2D eigenvalue weighted by molar-refractivity contribution is -0.168. The van der Waals surface area contributed by atoms with Crippen molar-refractivity contribution in [2.75, 3.05) is 20.7 Å². The van der Waals surface area contributed by atoms with Crippen LogP contribution in [0.25, 0.3) is 0 Å². The number of hydrogen-bond donors (Lipinski definition) is 1. The maximum Gasteiger partial charge on any atom is 0.286 e. The molecule has 0 aliphatic rings. The Morgan fingerprint density at radius 3 is 2.88 bits per heavy atom. The topological polar surface area (TPSA) is 71.8 Å². The molecular formula is C10H14N2O4. The Labute approximate surface area is 93.1 Å². The minimum atomic E-state index is -0.335. The molecule has 0 bridgehead atoms. The van der Waals surface area contributed by atoms with Crippen LogP contribution in [-0.4, -0.2) is 37.6 Å². The fourth-order valence-electron chi connectivity index (χ4n) is 1.04. The van der Waals surface area contributed by atoms with Crippen LogP contribution < -0.4 is 5.32 Å². The van der Waals surface area contributed by atoms with Crippen LogP contribution in [0.5, 0.6) is 0 Å². The molecule has 0 unspecified atom stereocenters. The van der Waals surface area contributed by atoms with Gasteiger partial charge in [-0.3, -0.25) is 14.4 Å². The van der Waals surface area contributed by atoms with E-state index in [2.05, 4.69) is 5.32 Å². The van der Waals surface area contributed by atoms with Crippen molar-refractivity contribution in [3.05, 3.63) is 24.2 Å². The van der Waals surface area contributed by atoms with E-state index in [0.717, 1.165) is 5.06 Å². The number of nitrogens with zero attached hydrogens (tertiary/aromatic N) is 1. The normalized spacial score (nSPS) is 9.88. The van der Waals surface area contributed by atoms with Crippen molar-refractivity contribution in [1.82, 2.24) is 10.4 Å². The second-order valence-electron chi connectivity index (χ2n) is 3.06. The SMILES string of the molecule is CON(C)C(=O)CCNC(=O)c1ccco1. The molecule has 0 aliphatic carbocycles. The molecular weight excluding hydrogens is 212 g/mol. The first-order valence-electron chi connectivity index (χ1n) is 4.77. The van der Waals surface area contributed by atoms with E-state index in [4.69, 9.17) is 9.25 Å². The highest BCUT2D eigenvalue weighted by Gasteiger charge is 2.10. The van der Waals surface area contributed by atoms with E-state index in [9.17, 15) is 9.59 Å². The zero-order valence-electron chi connectivity index (χ0n) is 9.23. The van der Waals surface area contributed by atoms with Crippen molar-refractivity contribution in [3.63, 3.8) is 0 Å². The van der Waals surface area contributed by atoms with E-state index >= 15 is 0 Å². The second kappa shape index (κ2) is 5.92. The van der Waals surface area contributed by atoms with E-state index in [-0.39, 0.29) is 30.5 Å². The average Bonchev–Trinajstić information content (AvgIpc) is 2.81. The Hall–Kier alpha value is -1.82. The van der Waals surface area contributed by atoms with Gasteiger partial charge in [0.2, 0.25) is 5.91 Å². The molecule has 6 heteroatoms. The van der Waals surface area contributed by atoms with Crippen molar-refractivity contribution in [3.8, 4) is 0 Å². The summed E-state index contributed by atoms with van der Waals surface area (Å²) < 4.78 is 4.89. The Bertz CT molecular complexity index is 348. The first-order valence-corrected chi connectivity index (χ1v) is 4.77. The van der Waals surface area contributed by atoms with Gasteiger partial charge in [-0.15, -0.1) is 0 Å². The number of rotatable bonds is 5. The number of amides is 2. The molecule has 1 aromatic heterocycles. The van der Waals surface area contributed by atoms with Crippen molar-refractivity contribution in [1.29, 1.82) is 0 Å². The van der Waals surface area contributed by atoms with Crippen molar-refractivity contribution in [2.45, 2.75) is 6.42 Å². The summed E-state index contributed by atoms with van der Waals surface area (Å²) >= 11 is 0. The predicted octanol–water partition coefficient (Wildman–Crippen LogP) is 0.419. The van der Waals surface area contributed by atoms with Crippen LogP contribution in [0.2, 0.25) is 0 Å². The molecule has 0 aliphatic heterocycles. The first kappa shape index (κ1) is 12.3. The van der Waals surface area contributed by atoms with Crippen molar-refractivity contribution >= 4 is 11.8 Å². The smallest absolute Gasteiger partial charge is 0.286 e. The molecule has 0 saturated carbocycles. The first-order chi connectivity index (χ1) is 7.65. The summed E-state index contributed by atoms with van der Waals surface area (Å²) in [5.41, 5.74) is 0. The highest BCUT2D eigenvalue weighted by molar-refractivity contribution is 5.91. The van der Waals surface area contributed by atoms with E-state index in [1.165, 1.54) is 20.4 Å². The molecule has 6 nitrogen and oxygen atoms in total. The largest absolute Gasteiger partial charge is 0.459 e. The molecule has 0 aromatic carbocycles. The van der Waals surface area contributed by atoms with Gasteiger partial charge >= 0.3 is 0 Å². The van der Waals surface area contributed by atoms with Gasteiger partial charge < -0.3 is 9.73 Å². The summed E-state index contributed by atoms with van der Waals surface area (Å²) in [6, 6.07) is 3.18. The number of carbonyl (C=O) groups excluding carboxylic acids is 2. The molecule has 2 amide bonds. The maximum absolute atomic E-state index is 11.4. The van der Waals surface area contributed by atoms with Crippen LogP contribution in [0.4, 0.5) is 0 Å². The fraction of sp³-hybridized carbons (Fsp3) is 0.400. The van der Waals surface area contributed by atoms with E-state index in [1.807, 2.05) is 0 Å². The Balaban J connectivity index is 2.26. The summed E-state index contributed by atoms with van der Waals surface area (Å²) in [6.45, 7) is 0.242. The molecule has 1 N–H and O–H groups in total. The standard InChI is InChI=1S/C10H14N2O4/c1-12(15-2)9(13)5-6-11-10(14)8-4-3-7-16-8/h3-4,7H,5-6H2,1-2H3,(H,11,14). The van der Waals surface area contributed by atoms with Crippen LogP contribution in [0.3, 0.4) is 0 Å². The van der Waals surface area contributed by atoms with Crippen LogP contribution in [0.1, 0.15) is 17.0 Å². The molecule has 88 valence electrons. The van der Waals surface area contributed by atoms with Gasteiger partial charge in [0.25, 0.3) is 5.91 Å². The quantitative estimate of drug-likeness (QED) is 0.738. The van der Waals surface area contributed by atoms with Crippen molar-refractivity contribution in [2.24, 2.45) is 0 Å². The van der Waals surface area contributed by atoms with E-state index in [1.54, 1.807) is 12.1 Å². The Morgan fingerprint density at radius 1 is 1.56 bits per heavy atom. The van der Waals surface area contributed by atoms with Gasteiger partial charge in [0.15, 0.2) is 5.76 Å². The lowest BCUT2D eigenvalue weighted by Crippen LogP contribution is -2.31. The third-order valence-electron chi connectivity index (χ3n) is 1.99. The van der Waals surface area contributed by atoms with E-state index < -0.39 is 0 Å². The molecule has 1 rings (SSSR count). The van der Waals surface area contributed by atoms with Gasteiger partial charge in [-0.2, -0.15) is 0 Å². The van der Waals surface area contributed by atoms with Crippen LogP contribution >= 0.6 is 0 Å². The van der Waals surface area contributed by atoms with E-state index in [0.29, 0.717) is 0 Å². The molecule has 0 atom stereocenters. The molecule has 0 spiro atoms. The zero-order valence-corrected chi connectivity index (χ0v) is 9.23. The zero-order chi connectivity index (χ0) is 12.0. The average molecular weight is 226 g/mol. The molecule has 0 radical (unpaired) electrons. The monoisotopic (exact) mass is 226 g/mol. The summed E-state index contributed by atoms with van der Waals surface area (Å²) in [4.78, 5) is 27.3. The summed E-state index contributed by atoms with van der Waals surface area (Å²) in [7, 11) is 2.91. The minimum absolute atomic E-state index is 0.177. The maximum atomic E-state index is 11.4. The van der Waals surface area contributed by atoms with Gasteiger partial charge in [-0.25, -0.2) is 5.06 Å². The van der Waals surface area contributed by atoms with Gasteiger partial charge in [0, 0.05) is 20.0 Å². The summed E-state index contributed by atoms with van der Waals surface area (Å²) in [5.74, 6) is -0.312. The number of nitrogens with one attached hydrogen (secondary N) is 1. The van der Waals surface area contributed by atoms with Gasteiger partial charge in [0.05, 0.1) is 13.4 Å². The number of hydroxylamine groups is 2. The number of carbonyl (C=O) groups is 2.